The van der Waals surface area contributed by atoms with E-state index in [2.05, 4.69) is 32.9 Å². The molecule has 0 aliphatic rings. The highest BCUT2D eigenvalue weighted by Gasteiger charge is 2.11. The molecule has 0 amide bonds. The van der Waals surface area contributed by atoms with Crippen LogP contribution in [0.2, 0.25) is 0 Å². The fourth-order valence-corrected chi connectivity index (χ4v) is 2.70. The molecule has 2 N–H and O–H groups in total. The Balaban J connectivity index is 2.58. The van der Waals surface area contributed by atoms with E-state index in [1.807, 2.05) is 24.3 Å². The summed E-state index contributed by atoms with van der Waals surface area (Å²) in [6.07, 6.45) is 0.913. The van der Waals surface area contributed by atoms with Gasteiger partial charge in [-0.2, -0.15) is 0 Å². The second-order valence-electron chi connectivity index (χ2n) is 3.99. The fourth-order valence-electron chi connectivity index (χ4n) is 1.69. The van der Waals surface area contributed by atoms with Gasteiger partial charge in [0.15, 0.2) is 0 Å². The van der Waals surface area contributed by atoms with E-state index in [1.165, 1.54) is 7.05 Å². The van der Waals surface area contributed by atoms with Gasteiger partial charge in [0.1, 0.15) is 0 Å². The average molecular weight is 335 g/mol. The van der Waals surface area contributed by atoms with Crippen LogP contribution < -0.4 is 10.0 Å². The molecule has 1 aromatic rings. The first kappa shape index (κ1) is 15.6. The van der Waals surface area contributed by atoms with Crippen molar-refractivity contribution in [3.63, 3.8) is 0 Å². The highest BCUT2D eigenvalue weighted by molar-refractivity contribution is 9.10. The van der Waals surface area contributed by atoms with Crippen molar-refractivity contribution in [3.8, 4) is 0 Å². The maximum absolute atomic E-state index is 11.3. The van der Waals surface area contributed by atoms with E-state index >= 15 is 0 Å². The summed E-state index contributed by atoms with van der Waals surface area (Å²) in [4.78, 5) is 0. The maximum Gasteiger partial charge on any atom is 0.212 e. The molecule has 1 rings (SSSR count). The van der Waals surface area contributed by atoms with E-state index < -0.39 is 10.0 Å². The van der Waals surface area contributed by atoms with E-state index in [-0.39, 0.29) is 11.8 Å². The summed E-state index contributed by atoms with van der Waals surface area (Å²) < 4.78 is 25.9. The van der Waals surface area contributed by atoms with Crippen molar-refractivity contribution in [2.75, 3.05) is 19.3 Å². The lowest BCUT2D eigenvalue weighted by Gasteiger charge is -2.17. The number of hydrogen-bond donors (Lipinski definition) is 2. The molecular formula is C12H19BrN2O2S. The molecule has 0 fully saturated rings. The molecule has 0 aromatic heterocycles. The summed E-state index contributed by atoms with van der Waals surface area (Å²) >= 11 is 3.44. The number of sulfonamides is 1. The van der Waals surface area contributed by atoms with Crippen LogP contribution in [0.5, 0.6) is 0 Å². The summed E-state index contributed by atoms with van der Waals surface area (Å²) in [5.41, 5.74) is 1.16. The van der Waals surface area contributed by atoms with Gasteiger partial charge in [0.25, 0.3) is 0 Å². The molecule has 1 unspecified atom stereocenters. The van der Waals surface area contributed by atoms with Gasteiger partial charge in [0, 0.05) is 17.1 Å². The van der Waals surface area contributed by atoms with E-state index in [1.54, 1.807) is 0 Å². The molecule has 0 aliphatic heterocycles. The molecule has 0 bridgehead atoms. The fraction of sp³-hybridized carbons (Fsp3) is 0.500. The van der Waals surface area contributed by atoms with Gasteiger partial charge in [-0.3, -0.25) is 0 Å². The van der Waals surface area contributed by atoms with Crippen LogP contribution in [0.25, 0.3) is 0 Å². The second kappa shape index (κ2) is 7.23. The van der Waals surface area contributed by atoms with Crippen molar-refractivity contribution in [1.29, 1.82) is 0 Å². The number of nitrogens with one attached hydrogen (secondary N) is 2. The summed E-state index contributed by atoms with van der Waals surface area (Å²) in [7, 11) is -1.70. The maximum atomic E-state index is 11.3. The summed E-state index contributed by atoms with van der Waals surface area (Å²) in [5, 5.41) is 3.26. The monoisotopic (exact) mass is 334 g/mol. The topological polar surface area (TPSA) is 58.2 Å². The molecule has 1 aromatic carbocycles. The molecule has 4 nitrogen and oxygen atoms in total. The Kier molecular flexibility index (Phi) is 6.28. The van der Waals surface area contributed by atoms with Crippen molar-refractivity contribution in [2.45, 2.75) is 19.4 Å². The SMILES string of the molecule is CCC(NCCS(=O)(=O)NC)c1cccc(Br)c1. The van der Waals surface area contributed by atoms with Gasteiger partial charge in [-0.05, 0) is 31.2 Å². The zero-order valence-corrected chi connectivity index (χ0v) is 13.0. The van der Waals surface area contributed by atoms with Crippen LogP contribution >= 0.6 is 15.9 Å². The Labute approximate surface area is 117 Å². The molecule has 0 saturated carbocycles. The Morgan fingerprint density at radius 3 is 2.67 bits per heavy atom. The molecule has 6 heteroatoms. The largest absolute Gasteiger partial charge is 0.309 e. The third kappa shape index (κ3) is 5.06. The Morgan fingerprint density at radius 1 is 1.39 bits per heavy atom. The number of benzene rings is 1. The van der Waals surface area contributed by atoms with Crippen LogP contribution in [0.3, 0.4) is 0 Å². The minimum atomic E-state index is -3.14. The molecule has 0 heterocycles. The van der Waals surface area contributed by atoms with Crippen LogP contribution in [0, 0.1) is 0 Å². The van der Waals surface area contributed by atoms with Crippen molar-refractivity contribution in [1.82, 2.24) is 10.0 Å². The average Bonchev–Trinajstić information content (AvgIpc) is 2.34. The van der Waals surface area contributed by atoms with Crippen LogP contribution in [0.15, 0.2) is 28.7 Å². The number of rotatable bonds is 7. The van der Waals surface area contributed by atoms with E-state index in [0.717, 1.165) is 16.5 Å². The van der Waals surface area contributed by atoms with Crippen molar-refractivity contribution >= 4 is 26.0 Å². The molecule has 0 radical (unpaired) electrons. The zero-order valence-electron chi connectivity index (χ0n) is 10.6. The van der Waals surface area contributed by atoms with Gasteiger partial charge in [-0.1, -0.05) is 35.0 Å². The smallest absolute Gasteiger partial charge is 0.212 e. The normalized spacial score (nSPS) is 13.5. The van der Waals surface area contributed by atoms with Gasteiger partial charge in [0.2, 0.25) is 10.0 Å². The predicted octanol–water partition coefficient (Wildman–Crippen LogP) is 2.04. The summed E-state index contributed by atoms with van der Waals surface area (Å²) in [5.74, 6) is 0.0913. The minimum absolute atomic E-state index is 0.0913. The Hall–Kier alpha value is -0.430. The molecular weight excluding hydrogens is 316 g/mol. The first-order valence-corrected chi connectivity index (χ1v) is 8.33. The Bertz CT molecular complexity index is 477. The second-order valence-corrected chi connectivity index (χ2v) is 6.95. The van der Waals surface area contributed by atoms with Crippen LogP contribution in [-0.2, 0) is 10.0 Å². The molecule has 0 saturated heterocycles. The Morgan fingerprint density at radius 2 is 2.11 bits per heavy atom. The molecule has 102 valence electrons. The lowest BCUT2D eigenvalue weighted by molar-refractivity contribution is 0.529. The van der Waals surface area contributed by atoms with Crippen LogP contribution in [0.1, 0.15) is 24.9 Å². The third-order valence-electron chi connectivity index (χ3n) is 2.73. The lowest BCUT2D eigenvalue weighted by atomic mass is 10.1. The number of hydrogen-bond acceptors (Lipinski definition) is 3. The van der Waals surface area contributed by atoms with Gasteiger partial charge in [-0.25, -0.2) is 13.1 Å². The van der Waals surface area contributed by atoms with Crippen molar-refractivity contribution in [3.05, 3.63) is 34.3 Å². The van der Waals surface area contributed by atoms with Crippen LogP contribution in [0.4, 0.5) is 0 Å². The quantitative estimate of drug-likeness (QED) is 0.802. The van der Waals surface area contributed by atoms with Gasteiger partial charge in [-0.15, -0.1) is 0 Å². The highest BCUT2D eigenvalue weighted by Crippen LogP contribution is 2.20. The lowest BCUT2D eigenvalue weighted by Crippen LogP contribution is -2.31. The molecule has 1 atom stereocenters. The van der Waals surface area contributed by atoms with Crippen LogP contribution in [-0.4, -0.2) is 27.8 Å². The molecule has 0 spiro atoms. The van der Waals surface area contributed by atoms with E-state index in [9.17, 15) is 8.42 Å². The van der Waals surface area contributed by atoms with Crippen molar-refractivity contribution in [2.24, 2.45) is 0 Å². The van der Waals surface area contributed by atoms with Crippen molar-refractivity contribution < 1.29 is 8.42 Å². The third-order valence-corrected chi connectivity index (χ3v) is 4.59. The zero-order chi connectivity index (χ0) is 13.6. The summed E-state index contributed by atoms with van der Waals surface area (Å²) in [6, 6.07) is 8.22. The van der Waals surface area contributed by atoms with Gasteiger partial charge in [0.05, 0.1) is 5.75 Å². The first-order chi connectivity index (χ1) is 8.48. The molecule has 18 heavy (non-hydrogen) atoms. The first-order valence-electron chi connectivity index (χ1n) is 5.88. The summed E-state index contributed by atoms with van der Waals surface area (Å²) in [6.45, 7) is 2.51. The minimum Gasteiger partial charge on any atom is -0.309 e. The standard InChI is InChI=1S/C12H19BrN2O2S/c1-3-12(10-5-4-6-11(13)9-10)15-7-8-18(16,17)14-2/h4-6,9,12,14-15H,3,7-8H2,1-2H3. The predicted molar refractivity (Wildman–Crippen MR) is 78.0 cm³/mol. The molecule has 0 aliphatic carbocycles. The van der Waals surface area contributed by atoms with Gasteiger partial charge < -0.3 is 5.32 Å². The van der Waals surface area contributed by atoms with E-state index in [0.29, 0.717) is 6.54 Å². The highest BCUT2D eigenvalue weighted by atomic mass is 79.9. The van der Waals surface area contributed by atoms with Gasteiger partial charge >= 0.3 is 0 Å². The van der Waals surface area contributed by atoms with E-state index in [4.69, 9.17) is 0 Å². The number of halogens is 1.